The molecule has 1 aliphatic heterocycles. The van der Waals surface area contributed by atoms with Gasteiger partial charge < -0.3 is 14.7 Å². The fourth-order valence-electron chi connectivity index (χ4n) is 2.24. The van der Waals surface area contributed by atoms with Gasteiger partial charge in [0.25, 0.3) is 5.91 Å². The van der Waals surface area contributed by atoms with Crippen LogP contribution in [0, 0.1) is 0 Å². The van der Waals surface area contributed by atoms with Crippen LogP contribution in [0.5, 0.6) is 0 Å². The molecule has 1 amide bonds. The molecule has 4 heteroatoms. The number of aliphatic hydroxyl groups excluding tert-OH is 1. The van der Waals surface area contributed by atoms with Gasteiger partial charge in [0.15, 0.2) is 0 Å². The fourth-order valence-corrected chi connectivity index (χ4v) is 2.24. The summed E-state index contributed by atoms with van der Waals surface area (Å²) in [6, 6.07) is 8.11. The Morgan fingerprint density at radius 2 is 2.29 bits per heavy atom. The smallest absolute Gasteiger partial charge is 0.253 e. The maximum Gasteiger partial charge on any atom is 0.253 e. The summed E-state index contributed by atoms with van der Waals surface area (Å²) in [7, 11) is 0. The first-order valence-electron chi connectivity index (χ1n) is 5.82. The molecule has 4 nitrogen and oxygen atoms in total. The molecule has 1 aromatic carbocycles. The van der Waals surface area contributed by atoms with Gasteiger partial charge in [-0.1, -0.05) is 18.2 Å². The Labute approximate surface area is 101 Å². The molecule has 1 aromatic rings. The number of hydrogen-bond donors (Lipinski definition) is 1. The molecule has 0 radical (unpaired) electrons. The van der Waals surface area contributed by atoms with Crippen molar-refractivity contribution in [3.8, 4) is 0 Å². The highest BCUT2D eigenvalue weighted by atomic mass is 16.5. The summed E-state index contributed by atoms with van der Waals surface area (Å²) in [5.41, 5.74) is 2.19. The van der Waals surface area contributed by atoms with E-state index in [1.165, 1.54) is 5.56 Å². The summed E-state index contributed by atoms with van der Waals surface area (Å²) < 4.78 is 5.08. The number of para-hydroxylation sites is 1. The number of rotatable bonds is 4. The average Bonchev–Trinajstić information content (AvgIpc) is 2.65. The van der Waals surface area contributed by atoms with Crippen molar-refractivity contribution in [3.63, 3.8) is 0 Å². The van der Waals surface area contributed by atoms with Crippen LogP contribution in [0.4, 0.5) is 5.69 Å². The molecule has 1 heterocycles. The Balaban J connectivity index is 2.08. The third kappa shape index (κ3) is 2.48. The second kappa shape index (κ2) is 5.29. The van der Waals surface area contributed by atoms with E-state index in [-0.39, 0.29) is 31.8 Å². The van der Waals surface area contributed by atoms with E-state index < -0.39 is 0 Å². The van der Waals surface area contributed by atoms with Crippen LogP contribution in [0.2, 0.25) is 0 Å². The molecule has 1 aliphatic rings. The SMILES string of the molecule is CC1Cc2ccccc2N1C(=O)COCCO. The Hall–Kier alpha value is -1.39. The zero-order valence-electron chi connectivity index (χ0n) is 9.93. The van der Waals surface area contributed by atoms with E-state index in [0.29, 0.717) is 0 Å². The first-order valence-corrected chi connectivity index (χ1v) is 5.82. The van der Waals surface area contributed by atoms with Crippen LogP contribution in [-0.2, 0) is 16.0 Å². The molecule has 17 heavy (non-hydrogen) atoms. The molecule has 92 valence electrons. The molecule has 0 spiro atoms. The van der Waals surface area contributed by atoms with E-state index >= 15 is 0 Å². The second-order valence-electron chi connectivity index (χ2n) is 4.22. The molecule has 0 saturated heterocycles. The number of anilines is 1. The molecule has 0 bridgehead atoms. The highest BCUT2D eigenvalue weighted by Crippen LogP contribution is 2.31. The molecule has 1 N–H and O–H groups in total. The molecule has 0 fully saturated rings. The Morgan fingerprint density at radius 1 is 1.53 bits per heavy atom. The topological polar surface area (TPSA) is 49.8 Å². The maximum atomic E-state index is 12.0. The van der Waals surface area contributed by atoms with Gasteiger partial charge in [-0.25, -0.2) is 0 Å². The van der Waals surface area contributed by atoms with Gasteiger partial charge in [-0.3, -0.25) is 4.79 Å². The normalized spacial score (nSPS) is 18.2. The van der Waals surface area contributed by atoms with Crippen LogP contribution < -0.4 is 4.90 Å². The third-order valence-corrected chi connectivity index (χ3v) is 2.94. The molecule has 1 unspecified atom stereocenters. The molecular formula is C13H17NO3. The van der Waals surface area contributed by atoms with Crippen molar-refractivity contribution in [1.29, 1.82) is 0 Å². The third-order valence-electron chi connectivity index (χ3n) is 2.94. The van der Waals surface area contributed by atoms with Gasteiger partial charge in [0.2, 0.25) is 0 Å². The van der Waals surface area contributed by atoms with Gasteiger partial charge in [0, 0.05) is 11.7 Å². The van der Waals surface area contributed by atoms with Crippen LogP contribution >= 0.6 is 0 Å². The van der Waals surface area contributed by atoms with Crippen molar-refractivity contribution in [3.05, 3.63) is 29.8 Å². The van der Waals surface area contributed by atoms with Crippen LogP contribution in [-0.4, -0.2) is 36.9 Å². The molecule has 1 atom stereocenters. The minimum Gasteiger partial charge on any atom is -0.394 e. The molecule has 0 saturated carbocycles. The summed E-state index contributed by atoms with van der Waals surface area (Å²) in [6.07, 6.45) is 0.891. The minimum absolute atomic E-state index is 0.0270. The van der Waals surface area contributed by atoms with Gasteiger partial charge in [0.05, 0.1) is 13.2 Å². The number of fused-ring (bicyclic) bond motifs is 1. The Bertz CT molecular complexity index is 405. The average molecular weight is 235 g/mol. The number of hydrogen-bond acceptors (Lipinski definition) is 3. The highest BCUT2D eigenvalue weighted by Gasteiger charge is 2.30. The first-order chi connectivity index (χ1) is 8.24. The zero-order valence-corrected chi connectivity index (χ0v) is 9.93. The van der Waals surface area contributed by atoms with E-state index in [1.807, 2.05) is 31.2 Å². The van der Waals surface area contributed by atoms with E-state index in [4.69, 9.17) is 9.84 Å². The number of aliphatic hydroxyl groups is 1. The molecule has 0 aliphatic carbocycles. The molecule has 0 aromatic heterocycles. The van der Waals surface area contributed by atoms with Crippen molar-refractivity contribution >= 4 is 11.6 Å². The minimum atomic E-state index is -0.0561. The van der Waals surface area contributed by atoms with Crippen LogP contribution in [0.15, 0.2) is 24.3 Å². The predicted octanol–water partition coefficient (Wildman–Crippen LogP) is 0.973. The van der Waals surface area contributed by atoms with Gasteiger partial charge in [-0.05, 0) is 25.0 Å². The summed E-state index contributed by atoms with van der Waals surface area (Å²) in [5, 5.41) is 8.60. The lowest BCUT2D eigenvalue weighted by atomic mass is 10.1. The number of nitrogens with zero attached hydrogens (tertiary/aromatic N) is 1. The quantitative estimate of drug-likeness (QED) is 0.791. The summed E-state index contributed by atoms with van der Waals surface area (Å²) in [4.78, 5) is 13.8. The van der Waals surface area contributed by atoms with E-state index in [1.54, 1.807) is 4.90 Å². The van der Waals surface area contributed by atoms with E-state index in [2.05, 4.69) is 0 Å². The van der Waals surface area contributed by atoms with Crippen molar-refractivity contribution in [2.75, 3.05) is 24.7 Å². The number of amides is 1. The summed E-state index contributed by atoms with van der Waals surface area (Å²) in [5.74, 6) is -0.0455. The van der Waals surface area contributed by atoms with Crippen molar-refractivity contribution < 1.29 is 14.6 Å². The maximum absolute atomic E-state index is 12.0. The largest absolute Gasteiger partial charge is 0.394 e. The van der Waals surface area contributed by atoms with Crippen molar-refractivity contribution in [2.45, 2.75) is 19.4 Å². The Morgan fingerprint density at radius 3 is 3.06 bits per heavy atom. The van der Waals surface area contributed by atoms with Crippen LogP contribution in [0.25, 0.3) is 0 Å². The van der Waals surface area contributed by atoms with Gasteiger partial charge in [-0.15, -0.1) is 0 Å². The number of ether oxygens (including phenoxy) is 1. The lowest BCUT2D eigenvalue weighted by Crippen LogP contribution is -2.38. The lowest BCUT2D eigenvalue weighted by molar-refractivity contribution is -0.123. The Kier molecular flexibility index (Phi) is 3.76. The van der Waals surface area contributed by atoms with Crippen molar-refractivity contribution in [2.24, 2.45) is 0 Å². The molecular weight excluding hydrogens is 218 g/mol. The van der Waals surface area contributed by atoms with Crippen LogP contribution in [0.3, 0.4) is 0 Å². The van der Waals surface area contributed by atoms with Gasteiger partial charge in [-0.2, -0.15) is 0 Å². The number of carbonyl (C=O) groups is 1. The number of benzene rings is 1. The van der Waals surface area contributed by atoms with Gasteiger partial charge >= 0.3 is 0 Å². The van der Waals surface area contributed by atoms with E-state index in [9.17, 15) is 4.79 Å². The fraction of sp³-hybridized carbons (Fsp3) is 0.462. The summed E-state index contributed by atoms with van der Waals surface area (Å²) in [6.45, 7) is 2.21. The number of carbonyl (C=O) groups excluding carboxylic acids is 1. The van der Waals surface area contributed by atoms with E-state index in [0.717, 1.165) is 12.1 Å². The first kappa shape index (κ1) is 12.1. The zero-order chi connectivity index (χ0) is 12.3. The predicted molar refractivity (Wildman–Crippen MR) is 65.0 cm³/mol. The molecule has 2 rings (SSSR count). The lowest BCUT2D eigenvalue weighted by Gasteiger charge is -2.22. The standard InChI is InChI=1S/C13H17NO3/c1-10-8-11-4-2-3-5-12(11)14(10)13(16)9-17-7-6-15/h2-5,10,15H,6-9H2,1H3. The highest BCUT2D eigenvalue weighted by molar-refractivity contribution is 5.97. The van der Waals surface area contributed by atoms with Crippen LogP contribution in [0.1, 0.15) is 12.5 Å². The van der Waals surface area contributed by atoms with Crippen molar-refractivity contribution in [1.82, 2.24) is 0 Å². The monoisotopic (exact) mass is 235 g/mol. The van der Waals surface area contributed by atoms with Gasteiger partial charge in [0.1, 0.15) is 6.61 Å². The summed E-state index contributed by atoms with van der Waals surface area (Å²) >= 11 is 0. The second-order valence-corrected chi connectivity index (χ2v) is 4.22.